The quantitative estimate of drug-likeness (QED) is 0.885. The smallest absolute Gasteiger partial charge is 0.230 e. The van der Waals surface area contributed by atoms with Gasteiger partial charge in [0.05, 0.1) is 0 Å². The fraction of sp³-hybridized carbons (Fsp3) is 0.611. The summed E-state index contributed by atoms with van der Waals surface area (Å²) < 4.78 is 0. The summed E-state index contributed by atoms with van der Waals surface area (Å²) >= 11 is 0. The van der Waals surface area contributed by atoms with Gasteiger partial charge in [0.25, 0.3) is 0 Å². The molecule has 0 aromatic heterocycles. The van der Waals surface area contributed by atoms with Gasteiger partial charge in [-0.2, -0.15) is 0 Å². The fourth-order valence-electron chi connectivity index (χ4n) is 3.05. The molecule has 1 aliphatic heterocycles. The molecule has 1 aliphatic rings. The maximum Gasteiger partial charge on any atom is 0.230 e. The Morgan fingerprint density at radius 3 is 2.67 bits per heavy atom. The predicted octanol–water partition coefficient (Wildman–Crippen LogP) is 3.77. The molecule has 21 heavy (non-hydrogen) atoms. The van der Waals surface area contributed by atoms with Gasteiger partial charge in [0.1, 0.15) is 0 Å². The largest absolute Gasteiger partial charge is 0.325 e. The number of anilines is 1. The lowest BCUT2D eigenvalue weighted by Gasteiger charge is -2.36. The summed E-state index contributed by atoms with van der Waals surface area (Å²) in [4.78, 5) is 12.8. The number of carbonyl (C=O) groups is 1. The lowest BCUT2D eigenvalue weighted by molar-refractivity contribution is -0.127. The number of amides is 1. The lowest BCUT2D eigenvalue weighted by atomic mass is 9.74. The van der Waals surface area contributed by atoms with Crippen LogP contribution in [-0.2, 0) is 4.79 Å². The topological polar surface area (TPSA) is 41.1 Å². The van der Waals surface area contributed by atoms with Gasteiger partial charge in [-0.1, -0.05) is 45.9 Å². The van der Waals surface area contributed by atoms with Crippen molar-refractivity contribution in [3.05, 3.63) is 29.8 Å². The summed E-state index contributed by atoms with van der Waals surface area (Å²) in [5.74, 6) is 0.933. The average molecular weight is 288 g/mol. The molecule has 2 rings (SSSR count). The first-order valence-corrected chi connectivity index (χ1v) is 8.04. The lowest BCUT2D eigenvalue weighted by Crippen LogP contribution is -2.44. The number of piperidine rings is 1. The van der Waals surface area contributed by atoms with E-state index in [0.717, 1.165) is 31.6 Å². The van der Waals surface area contributed by atoms with E-state index < -0.39 is 0 Å². The summed E-state index contributed by atoms with van der Waals surface area (Å²) in [5, 5.41) is 6.57. The first-order chi connectivity index (χ1) is 9.93. The highest BCUT2D eigenvalue weighted by Gasteiger charge is 2.37. The maximum atomic E-state index is 12.8. The third-order valence-electron chi connectivity index (χ3n) is 4.73. The van der Waals surface area contributed by atoms with E-state index in [2.05, 4.69) is 44.4 Å². The number of hydrogen-bond donors (Lipinski definition) is 2. The van der Waals surface area contributed by atoms with E-state index in [9.17, 15) is 4.79 Å². The molecule has 0 bridgehead atoms. The number of nitrogens with one attached hydrogen (secondary N) is 2. The highest BCUT2D eigenvalue weighted by molar-refractivity contribution is 5.95. The van der Waals surface area contributed by atoms with Crippen molar-refractivity contribution in [1.29, 1.82) is 0 Å². The van der Waals surface area contributed by atoms with Crippen molar-refractivity contribution >= 4 is 11.6 Å². The van der Waals surface area contributed by atoms with Crippen LogP contribution in [0, 0.1) is 11.3 Å². The van der Waals surface area contributed by atoms with Crippen molar-refractivity contribution in [3.63, 3.8) is 0 Å². The van der Waals surface area contributed by atoms with Crippen molar-refractivity contribution in [2.45, 2.75) is 46.5 Å². The molecule has 3 heteroatoms. The van der Waals surface area contributed by atoms with Crippen LogP contribution in [0.1, 0.15) is 52.0 Å². The zero-order chi connectivity index (χ0) is 15.5. The van der Waals surface area contributed by atoms with Gasteiger partial charge in [-0.25, -0.2) is 0 Å². The van der Waals surface area contributed by atoms with Crippen LogP contribution in [0.25, 0.3) is 0 Å². The highest BCUT2D eigenvalue weighted by Crippen LogP contribution is 2.34. The molecule has 0 spiro atoms. The van der Waals surface area contributed by atoms with Crippen molar-refractivity contribution in [2.24, 2.45) is 11.3 Å². The molecule has 116 valence electrons. The van der Waals surface area contributed by atoms with Crippen LogP contribution in [0.4, 0.5) is 5.69 Å². The van der Waals surface area contributed by atoms with Crippen LogP contribution < -0.4 is 10.6 Å². The molecule has 1 aromatic carbocycles. The molecule has 1 fully saturated rings. The van der Waals surface area contributed by atoms with Crippen LogP contribution >= 0.6 is 0 Å². The first-order valence-electron chi connectivity index (χ1n) is 8.04. The fourth-order valence-corrected chi connectivity index (χ4v) is 3.05. The Hall–Kier alpha value is -1.35. The molecule has 1 atom stereocenters. The van der Waals surface area contributed by atoms with Crippen LogP contribution in [0.5, 0.6) is 0 Å². The summed E-state index contributed by atoms with van der Waals surface area (Å²) in [5.41, 5.74) is 1.80. The second-order valence-corrected chi connectivity index (χ2v) is 6.96. The van der Waals surface area contributed by atoms with Crippen LogP contribution in [0.3, 0.4) is 0 Å². The minimum absolute atomic E-state index is 0.129. The zero-order valence-corrected chi connectivity index (χ0v) is 13.7. The van der Waals surface area contributed by atoms with Crippen molar-refractivity contribution in [3.8, 4) is 0 Å². The Morgan fingerprint density at radius 1 is 1.33 bits per heavy atom. The van der Waals surface area contributed by atoms with E-state index in [1.807, 2.05) is 18.2 Å². The van der Waals surface area contributed by atoms with Gasteiger partial charge in [0, 0.05) is 11.1 Å². The minimum Gasteiger partial charge on any atom is -0.325 e. The van der Waals surface area contributed by atoms with Gasteiger partial charge in [-0.15, -0.1) is 0 Å². The number of benzene rings is 1. The van der Waals surface area contributed by atoms with E-state index in [4.69, 9.17) is 0 Å². The molecule has 1 amide bonds. The highest BCUT2D eigenvalue weighted by atomic mass is 16.2. The Balaban J connectivity index is 2.13. The zero-order valence-electron chi connectivity index (χ0n) is 13.7. The van der Waals surface area contributed by atoms with Gasteiger partial charge in [0.15, 0.2) is 0 Å². The molecular weight excluding hydrogens is 260 g/mol. The van der Waals surface area contributed by atoms with Gasteiger partial charge in [-0.05, 0) is 49.4 Å². The summed E-state index contributed by atoms with van der Waals surface area (Å²) in [6, 6.07) is 8.11. The molecule has 1 saturated heterocycles. The molecule has 1 aromatic rings. The standard InChI is InChI=1S/C18H28N2O/c1-13(2)15-9-5-6-10-16(15)20-17(21)18(3,4)14-8-7-11-19-12-14/h5-6,9-10,13-14,19H,7-8,11-12H2,1-4H3,(H,20,21). The summed E-state index contributed by atoms with van der Waals surface area (Å²) in [6.07, 6.45) is 2.28. The molecule has 0 saturated carbocycles. The monoisotopic (exact) mass is 288 g/mol. The SMILES string of the molecule is CC(C)c1ccccc1NC(=O)C(C)(C)C1CCCNC1. The Bertz CT molecular complexity index is 488. The summed E-state index contributed by atoms with van der Waals surface area (Å²) in [7, 11) is 0. The summed E-state index contributed by atoms with van der Waals surface area (Å²) in [6.45, 7) is 10.5. The van der Waals surface area contributed by atoms with E-state index in [-0.39, 0.29) is 11.3 Å². The molecule has 1 heterocycles. The number of rotatable bonds is 4. The number of carbonyl (C=O) groups excluding carboxylic acids is 1. The van der Waals surface area contributed by atoms with Crippen molar-refractivity contribution < 1.29 is 4.79 Å². The van der Waals surface area contributed by atoms with Gasteiger partial charge in [0.2, 0.25) is 5.91 Å². The van der Waals surface area contributed by atoms with E-state index in [1.54, 1.807) is 0 Å². The Kier molecular flexibility index (Phi) is 5.04. The number of para-hydroxylation sites is 1. The molecule has 3 nitrogen and oxygen atoms in total. The molecule has 0 aliphatic carbocycles. The second kappa shape index (κ2) is 6.61. The third kappa shape index (κ3) is 3.65. The average Bonchev–Trinajstić information content (AvgIpc) is 2.48. The van der Waals surface area contributed by atoms with Crippen molar-refractivity contribution in [1.82, 2.24) is 5.32 Å². The van der Waals surface area contributed by atoms with E-state index in [1.165, 1.54) is 5.56 Å². The van der Waals surface area contributed by atoms with Crippen molar-refractivity contribution in [2.75, 3.05) is 18.4 Å². The van der Waals surface area contributed by atoms with E-state index in [0.29, 0.717) is 11.8 Å². The minimum atomic E-state index is -0.350. The molecule has 0 radical (unpaired) electrons. The van der Waals surface area contributed by atoms with E-state index >= 15 is 0 Å². The van der Waals surface area contributed by atoms with Crippen LogP contribution in [0.2, 0.25) is 0 Å². The molecule has 2 N–H and O–H groups in total. The van der Waals surface area contributed by atoms with Gasteiger partial charge < -0.3 is 10.6 Å². The first kappa shape index (κ1) is 16.0. The Morgan fingerprint density at radius 2 is 2.05 bits per heavy atom. The predicted molar refractivity (Wildman–Crippen MR) is 88.5 cm³/mol. The maximum absolute atomic E-state index is 12.8. The third-order valence-corrected chi connectivity index (χ3v) is 4.73. The Labute approximate surface area is 128 Å². The van der Waals surface area contributed by atoms with Gasteiger partial charge in [-0.3, -0.25) is 4.79 Å². The normalized spacial score (nSPS) is 19.6. The van der Waals surface area contributed by atoms with Crippen LogP contribution in [-0.4, -0.2) is 19.0 Å². The molecular formula is C18H28N2O. The van der Waals surface area contributed by atoms with Crippen LogP contribution in [0.15, 0.2) is 24.3 Å². The number of hydrogen-bond acceptors (Lipinski definition) is 2. The second-order valence-electron chi connectivity index (χ2n) is 6.96. The van der Waals surface area contributed by atoms with Gasteiger partial charge >= 0.3 is 0 Å². The molecule has 1 unspecified atom stereocenters.